The molecule has 1 aliphatic heterocycles. The molecule has 108 valence electrons. The molecule has 0 spiro atoms. The van der Waals surface area contributed by atoms with Crippen LogP contribution in [0.2, 0.25) is 0 Å². The summed E-state index contributed by atoms with van der Waals surface area (Å²) in [5.41, 5.74) is 2.05. The summed E-state index contributed by atoms with van der Waals surface area (Å²) in [7, 11) is 0. The third-order valence-electron chi connectivity index (χ3n) is 3.53. The van der Waals surface area contributed by atoms with Crippen LogP contribution in [0, 0.1) is 13.8 Å². The second-order valence-corrected chi connectivity index (χ2v) is 6.88. The van der Waals surface area contributed by atoms with Crippen molar-refractivity contribution in [1.29, 1.82) is 0 Å². The quantitative estimate of drug-likeness (QED) is 0.852. The van der Waals surface area contributed by atoms with Crippen molar-refractivity contribution in [3.05, 3.63) is 17.5 Å². The number of hydrogen-bond acceptors (Lipinski definition) is 5. The first kappa shape index (κ1) is 13.8. The van der Waals surface area contributed by atoms with Gasteiger partial charge < -0.3 is 4.74 Å². The van der Waals surface area contributed by atoms with Gasteiger partial charge >= 0.3 is 0 Å². The summed E-state index contributed by atoms with van der Waals surface area (Å²) in [5.74, 6) is 0.693. The van der Waals surface area contributed by atoms with Crippen LogP contribution in [0.1, 0.15) is 38.1 Å². The highest BCUT2D eigenvalue weighted by Crippen LogP contribution is 2.32. The largest absolute Gasteiger partial charge is 0.375 e. The minimum Gasteiger partial charge on any atom is -0.375 e. The monoisotopic (exact) mass is 292 g/mol. The molecule has 3 heterocycles. The molecule has 1 saturated heterocycles. The molecular weight excluding hydrogens is 272 g/mol. The Bertz CT molecular complexity index is 617. The van der Waals surface area contributed by atoms with E-state index in [1.165, 1.54) is 0 Å². The Morgan fingerprint density at radius 2 is 1.90 bits per heavy atom. The molecule has 6 heteroatoms. The van der Waals surface area contributed by atoms with Gasteiger partial charge in [0.2, 0.25) is 5.16 Å². The Kier molecular flexibility index (Phi) is 3.69. The summed E-state index contributed by atoms with van der Waals surface area (Å²) in [5, 5.41) is 5.90. The van der Waals surface area contributed by atoms with Gasteiger partial charge in [0, 0.05) is 16.6 Å². The van der Waals surface area contributed by atoms with Crippen molar-refractivity contribution in [3.8, 4) is 0 Å². The molecule has 2 aromatic rings. The lowest BCUT2D eigenvalue weighted by Crippen LogP contribution is -2.30. The zero-order valence-corrected chi connectivity index (χ0v) is 13.1. The lowest BCUT2D eigenvalue weighted by Gasteiger charge is -2.30. The molecule has 0 aromatic carbocycles. The van der Waals surface area contributed by atoms with Crippen LogP contribution in [0.15, 0.2) is 11.2 Å². The second kappa shape index (κ2) is 5.33. The minimum atomic E-state index is 0.315. The summed E-state index contributed by atoms with van der Waals surface area (Å²) in [4.78, 5) is 8.97. The molecular formula is C14H20N4OS. The molecule has 1 fully saturated rings. The highest BCUT2D eigenvalue weighted by molar-refractivity contribution is 7.99. The molecule has 0 aliphatic carbocycles. The van der Waals surface area contributed by atoms with Crippen molar-refractivity contribution < 1.29 is 4.74 Å². The smallest absolute Gasteiger partial charge is 0.253 e. The molecule has 0 bridgehead atoms. The van der Waals surface area contributed by atoms with E-state index in [-0.39, 0.29) is 0 Å². The number of nitrogens with zero attached hydrogens (tertiary/aromatic N) is 4. The van der Waals surface area contributed by atoms with E-state index in [0.29, 0.717) is 23.2 Å². The van der Waals surface area contributed by atoms with E-state index < -0.39 is 0 Å². The minimum absolute atomic E-state index is 0.315. The van der Waals surface area contributed by atoms with Crippen LogP contribution in [-0.2, 0) is 4.74 Å². The van der Waals surface area contributed by atoms with Gasteiger partial charge in [-0.3, -0.25) is 0 Å². The molecule has 20 heavy (non-hydrogen) atoms. The second-order valence-electron chi connectivity index (χ2n) is 5.61. The zero-order chi connectivity index (χ0) is 14.3. The van der Waals surface area contributed by atoms with Crippen molar-refractivity contribution in [2.45, 2.75) is 63.2 Å². The van der Waals surface area contributed by atoms with Crippen molar-refractivity contribution in [3.63, 3.8) is 0 Å². The Morgan fingerprint density at radius 3 is 2.60 bits per heavy atom. The van der Waals surface area contributed by atoms with E-state index in [4.69, 9.17) is 4.74 Å². The fourth-order valence-corrected chi connectivity index (χ4v) is 4.08. The van der Waals surface area contributed by atoms with Crippen LogP contribution >= 0.6 is 11.8 Å². The van der Waals surface area contributed by atoms with Gasteiger partial charge in [-0.05, 0) is 46.6 Å². The first-order valence-electron chi connectivity index (χ1n) is 7.04. The normalized spacial score (nSPS) is 27.1. The molecule has 0 amide bonds. The molecule has 3 rings (SSSR count). The van der Waals surface area contributed by atoms with Gasteiger partial charge in [0.25, 0.3) is 5.78 Å². The molecule has 1 aliphatic rings. The summed E-state index contributed by atoms with van der Waals surface area (Å²) >= 11 is 1.75. The maximum Gasteiger partial charge on any atom is 0.253 e. The van der Waals surface area contributed by atoms with Gasteiger partial charge in [0.1, 0.15) is 0 Å². The first-order chi connectivity index (χ1) is 9.51. The Morgan fingerprint density at radius 1 is 1.20 bits per heavy atom. The first-order valence-corrected chi connectivity index (χ1v) is 7.92. The molecule has 0 N–H and O–H groups in total. The van der Waals surface area contributed by atoms with Crippen LogP contribution in [0.5, 0.6) is 0 Å². The zero-order valence-electron chi connectivity index (χ0n) is 12.3. The van der Waals surface area contributed by atoms with Crippen molar-refractivity contribution in [2.24, 2.45) is 0 Å². The predicted octanol–water partition coefficient (Wildman–Crippen LogP) is 2.79. The van der Waals surface area contributed by atoms with Gasteiger partial charge in [-0.15, -0.1) is 5.10 Å². The summed E-state index contributed by atoms with van der Waals surface area (Å²) in [6, 6.07) is 2.02. The third-order valence-corrected chi connectivity index (χ3v) is 4.63. The summed E-state index contributed by atoms with van der Waals surface area (Å²) in [6.07, 6.45) is 2.73. The van der Waals surface area contributed by atoms with Gasteiger partial charge in [0.15, 0.2) is 0 Å². The van der Waals surface area contributed by atoms with Gasteiger partial charge in [-0.1, -0.05) is 11.8 Å². The highest BCUT2D eigenvalue weighted by Gasteiger charge is 2.26. The average molecular weight is 292 g/mol. The summed E-state index contributed by atoms with van der Waals surface area (Å²) in [6.45, 7) is 8.28. The fraction of sp³-hybridized carbons (Fsp3) is 0.643. The molecule has 2 atom stereocenters. The summed E-state index contributed by atoms with van der Waals surface area (Å²) < 4.78 is 7.60. The van der Waals surface area contributed by atoms with Crippen molar-refractivity contribution in [1.82, 2.24) is 19.6 Å². The number of fused-ring (bicyclic) bond motifs is 1. The van der Waals surface area contributed by atoms with Crippen LogP contribution in [0.25, 0.3) is 5.78 Å². The van der Waals surface area contributed by atoms with Crippen LogP contribution < -0.4 is 0 Å². The van der Waals surface area contributed by atoms with E-state index in [1.54, 1.807) is 11.8 Å². The molecule has 0 saturated carbocycles. The van der Waals surface area contributed by atoms with E-state index >= 15 is 0 Å². The van der Waals surface area contributed by atoms with Crippen LogP contribution in [0.4, 0.5) is 0 Å². The maximum absolute atomic E-state index is 5.78. The van der Waals surface area contributed by atoms with Gasteiger partial charge in [-0.25, -0.2) is 9.50 Å². The average Bonchev–Trinajstić information content (AvgIpc) is 2.70. The molecule has 0 unspecified atom stereocenters. The van der Waals surface area contributed by atoms with E-state index in [1.807, 2.05) is 24.4 Å². The van der Waals surface area contributed by atoms with Crippen molar-refractivity contribution in [2.75, 3.05) is 0 Å². The van der Waals surface area contributed by atoms with Crippen molar-refractivity contribution >= 4 is 17.5 Å². The standard InChI is InChI=1S/C14H20N4OS/c1-8-5-9(2)18-13(15-8)16-14(17-18)20-12-6-10(3)19-11(4)7-12/h5,10-12H,6-7H2,1-4H3/t10-,11-/m0/s1. The Labute approximate surface area is 123 Å². The number of aryl methyl sites for hydroxylation is 2. The van der Waals surface area contributed by atoms with Crippen LogP contribution in [0.3, 0.4) is 0 Å². The van der Waals surface area contributed by atoms with Crippen LogP contribution in [-0.4, -0.2) is 37.0 Å². The molecule has 0 radical (unpaired) electrons. The topological polar surface area (TPSA) is 52.3 Å². The van der Waals surface area contributed by atoms with E-state index in [9.17, 15) is 0 Å². The Hall–Kier alpha value is -1.14. The predicted molar refractivity (Wildman–Crippen MR) is 79.1 cm³/mol. The van der Waals surface area contributed by atoms with E-state index in [2.05, 4.69) is 28.9 Å². The number of rotatable bonds is 2. The lowest BCUT2D eigenvalue weighted by atomic mass is 10.1. The number of thioether (sulfide) groups is 1. The molecule has 5 nitrogen and oxygen atoms in total. The van der Waals surface area contributed by atoms with Gasteiger partial charge in [-0.2, -0.15) is 4.98 Å². The van der Waals surface area contributed by atoms with Gasteiger partial charge in [0.05, 0.1) is 12.2 Å². The molecule has 2 aromatic heterocycles. The fourth-order valence-electron chi connectivity index (χ4n) is 2.79. The highest BCUT2D eigenvalue weighted by atomic mass is 32.2. The van der Waals surface area contributed by atoms with E-state index in [0.717, 1.165) is 29.4 Å². The number of hydrogen-bond donors (Lipinski definition) is 0. The SMILES string of the molecule is Cc1cc(C)n2nc(SC3C[C@H](C)O[C@@H](C)C3)nc2n1. The maximum atomic E-state index is 5.78. The lowest BCUT2D eigenvalue weighted by molar-refractivity contribution is -0.0265. The third kappa shape index (κ3) is 2.81. The number of aromatic nitrogens is 4. The Balaban J connectivity index is 1.82. The number of ether oxygens (including phenoxy) is 1.